The number of halogens is 1. The molecule has 1 heterocycles. The van der Waals surface area contributed by atoms with Gasteiger partial charge in [-0.1, -0.05) is 24.3 Å². The Morgan fingerprint density at radius 2 is 1.92 bits per heavy atom. The fraction of sp³-hybridized carbons (Fsp3) is 0.176. The van der Waals surface area contributed by atoms with Gasteiger partial charge in [-0.2, -0.15) is 0 Å². The summed E-state index contributed by atoms with van der Waals surface area (Å²) in [7, 11) is 0. The molecule has 1 unspecified atom stereocenters. The van der Waals surface area contributed by atoms with Crippen molar-refractivity contribution < 1.29 is 19.1 Å². The van der Waals surface area contributed by atoms with Crippen molar-refractivity contribution in [2.75, 3.05) is 18.1 Å². The lowest BCUT2D eigenvalue weighted by Gasteiger charge is -2.33. The van der Waals surface area contributed by atoms with E-state index in [1.54, 1.807) is 30.3 Å². The maximum absolute atomic E-state index is 12.6. The molecule has 2 aromatic carbocycles. The van der Waals surface area contributed by atoms with E-state index in [1.165, 1.54) is 4.90 Å². The number of nitrogens with zero attached hydrogens (tertiary/aromatic N) is 1. The SMILES string of the molecule is NC(=O)C1CN(C(=O)COc2ccccc2I)c2ccccc2O1. The quantitative estimate of drug-likeness (QED) is 0.741. The molecular weight excluding hydrogens is 423 g/mol. The number of hydrogen-bond donors (Lipinski definition) is 1. The van der Waals surface area contributed by atoms with Crippen LogP contribution >= 0.6 is 22.6 Å². The van der Waals surface area contributed by atoms with Crippen LogP contribution in [0, 0.1) is 3.57 Å². The topological polar surface area (TPSA) is 81.9 Å². The first kappa shape index (κ1) is 16.6. The molecule has 0 spiro atoms. The highest BCUT2D eigenvalue weighted by atomic mass is 127. The van der Waals surface area contributed by atoms with Crippen molar-refractivity contribution in [1.29, 1.82) is 0 Å². The van der Waals surface area contributed by atoms with Crippen molar-refractivity contribution >= 4 is 40.1 Å². The van der Waals surface area contributed by atoms with E-state index in [4.69, 9.17) is 15.2 Å². The van der Waals surface area contributed by atoms with Crippen LogP contribution in [-0.2, 0) is 9.59 Å². The van der Waals surface area contributed by atoms with Gasteiger partial charge in [-0.3, -0.25) is 9.59 Å². The van der Waals surface area contributed by atoms with Crippen molar-refractivity contribution in [2.45, 2.75) is 6.10 Å². The van der Waals surface area contributed by atoms with Crippen molar-refractivity contribution in [3.63, 3.8) is 0 Å². The molecule has 0 fully saturated rings. The second kappa shape index (κ2) is 7.08. The molecule has 2 N–H and O–H groups in total. The number of fused-ring (bicyclic) bond motifs is 1. The van der Waals surface area contributed by atoms with Crippen molar-refractivity contribution in [3.8, 4) is 11.5 Å². The smallest absolute Gasteiger partial charge is 0.265 e. The van der Waals surface area contributed by atoms with E-state index in [0.29, 0.717) is 17.2 Å². The predicted octanol–water partition coefficient (Wildman–Crippen LogP) is 1.95. The summed E-state index contributed by atoms with van der Waals surface area (Å²) in [6.07, 6.45) is -0.874. The highest BCUT2D eigenvalue weighted by molar-refractivity contribution is 14.1. The third-order valence-corrected chi connectivity index (χ3v) is 4.47. The van der Waals surface area contributed by atoms with E-state index in [2.05, 4.69) is 22.6 Å². The van der Waals surface area contributed by atoms with Crippen molar-refractivity contribution in [1.82, 2.24) is 0 Å². The number of hydrogen-bond acceptors (Lipinski definition) is 4. The summed E-state index contributed by atoms with van der Waals surface area (Å²) in [4.78, 5) is 25.6. The monoisotopic (exact) mass is 438 g/mol. The molecule has 124 valence electrons. The molecule has 0 saturated carbocycles. The molecule has 1 aliphatic rings. The first-order valence-electron chi connectivity index (χ1n) is 7.29. The lowest BCUT2D eigenvalue weighted by Crippen LogP contribution is -2.50. The Morgan fingerprint density at radius 3 is 2.67 bits per heavy atom. The molecular formula is C17H15IN2O4. The Morgan fingerprint density at radius 1 is 1.21 bits per heavy atom. The zero-order chi connectivity index (χ0) is 17.1. The zero-order valence-electron chi connectivity index (χ0n) is 12.6. The summed E-state index contributed by atoms with van der Waals surface area (Å²) in [5.74, 6) is 0.215. The normalized spacial score (nSPS) is 16.0. The third kappa shape index (κ3) is 3.45. The van der Waals surface area contributed by atoms with Gasteiger partial charge < -0.3 is 20.1 Å². The van der Waals surface area contributed by atoms with Gasteiger partial charge in [0.1, 0.15) is 11.5 Å². The second-order valence-electron chi connectivity index (χ2n) is 5.20. The minimum atomic E-state index is -0.874. The third-order valence-electron chi connectivity index (χ3n) is 3.58. The van der Waals surface area contributed by atoms with Gasteiger partial charge in [0, 0.05) is 0 Å². The Balaban J connectivity index is 1.78. The number of carbonyl (C=O) groups is 2. The Labute approximate surface area is 152 Å². The van der Waals surface area contributed by atoms with Gasteiger partial charge in [-0.25, -0.2) is 0 Å². The van der Waals surface area contributed by atoms with Gasteiger partial charge >= 0.3 is 0 Å². The molecule has 0 radical (unpaired) electrons. The largest absolute Gasteiger partial charge is 0.483 e. The number of para-hydroxylation sites is 3. The van der Waals surface area contributed by atoms with Crippen molar-refractivity contribution in [2.24, 2.45) is 5.73 Å². The van der Waals surface area contributed by atoms with E-state index in [9.17, 15) is 9.59 Å². The first-order chi connectivity index (χ1) is 11.6. The number of anilines is 1. The fourth-order valence-corrected chi connectivity index (χ4v) is 2.94. The summed E-state index contributed by atoms with van der Waals surface area (Å²) >= 11 is 2.14. The molecule has 0 aliphatic carbocycles. The van der Waals surface area contributed by atoms with Gasteiger partial charge in [0.25, 0.3) is 11.8 Å². The van der Waals surface area contributed by atoms with E-state index >= 15 is 0 Å². The van der Waals surface area contributed by atoms with Crippen LogP contribution < -0.4 is 20.1 Å². The Kier molecular flexibility index (Phi) is 4.89. The maximum Gasteiger partial charge on any atom is 0.265 e. The molecule has 3 rings (SSSR count). The van der Waals surface area contributed by atoms with E-state index in [-0.39, 0.29) is 19.1 Å². The van der Waals surface area contributed by atoms with Gasteiger partial charge in [0.2, 0.25) is 0 Å². The van der Waals surface area contributed by atoms with Crippen LogP contribution in [0.3, 0.4) is 0 Å². The number of benzene rings is 2. The first-order valence-corrected chi connectivity index (χ1v) is 8.37. The summed E-state index contributed by atoms with van der Waals surface area (Å²) < 4.78 is 12.1. The van der Waals surface area contributed by atoms with Gasteiger partial charge in [-0.05, 0) is 46.9 Å². The van der Waals surface area contributed by atoms with Gasteiger partial charge in [0.05, 0.1) is 15.8 Å². The van der Waals surface area contributed by atoms with Crippen LogP contribution in [0.15, 0.2) is 48.5 Å². The summed E-state index contributed by atoms with van der Waals surface area (Å²) in [5, 5.41) is 0. The summed E-state index contributed by atoms with van der Waals surface area (Å²) in [5.41, 5.74) is 5.94. The maximum atomic E-state index is 12.6. The molecule has 7 heteroatoms. The summed E-state index contributed by atoms with van der Waals surface area (Å²) in [6, 6.07) is 14.5. The molecule has 1 atom stereocenters. The molecule has 2 aromatic rings. The van der Waals surface area contributed by atoms with Crippen LogP contribution in [0.1, 0.15) is 0 Å². The van der Waals surface area contributed by atoms with Crippen LogP contribution in [0.25, 0.3) is 0 Å². The van der Waals surface area contributed by atoms with Crippen LogP contribution in [-0.4, -0.2) is 31.1 Å². The van der Waals surface area contributed by atoms with E-state index < -0.39 is 12.0 Å². The molecule has 2 amide bonds. The number of primary amides is 1. The Bertz CT molecular complexity index is 781. The van der Waals surface area contributed by atoms with Gasteiger partial charge in [-0.15, -0.1) is 0 Å². The van der Waals surface area contributed by atoms with Crippen LogP contribution in [0.2, 0.25) is 0 Å². The van der Waals surface area contributed by atoms with Crippen molar-refractivity contribution in [3.05, 3.63) is 52.1 Å². The number of nitrogens with two attached hydrogens (primary N) is 1. The van der Waals surface area contributed by atoms with E-state index in [1.807, 2.05) is 18.2 Å². The molecule has 0 aromatic heterocycles. The minimum absolute atomic E-state index is 0.0699. The molecule has 0 bridgehead atoms. The van der Waals surface area contributed by atoms with E-state index in [0.717, 1.165) is 3.57 Å². The number of amides is 2. The predicted molar refractivity (Wildman–Crippen MR) is 97.1 cm³/mol. The summed E-state index contributed by atoms with van der Waals surface area (Å²) in [6.45, 7) is -0.0692. The second-order valence-corrected chi connectivity index (χ2v) is 6.36. The molecule has 6 nitrogen and oxygen atoms in total. The standard InChI is InChI=1S/C17H15IN2O4/c18-11-5-1-3-7-13(11)23-10-16(21)20-9-15(17(19)22)24-14-8-4-2-6-12(14)20/h1-8,15H,9-10H2,(H2,19,22). The molecule has 0 saturated heterocycles. The average molecular weight is 438 g/mol. The average Bonchev–Trinajstić information content (AvgIpc) is 2.59. The number of rotatable bonds is 4. The minimum Gasteiger partial charge on any atom is -0.483 e. The highest BCUT2D eigenvalue weighted by Gasteiger charge is 2.32. The van der Waals surface area contributed by atoms with Crippen LogP contribution in [0.5, 0.6) is 11.5 Å². The molecule has 24 heavy (non-hydrogen) atoms. The lowest BCUT2D eigenvalue weighted by atomic mass is 10.2. The molecule has 1 aliphatic heterocycles. The number of carbonyl (C=O) groups excluding carboxylic acids is 2. The van der Waals surface area contributed by atoms with Crippen LogP contribution in [0.4, 0.5) is 5.69 Å². The fourth-order valence-electron chi connectivity index (χ4n) is 2.40. The Hall–Kier alpha value is -2.29. The number of ether oxygens (including phenoxy) is 2. The zero-order valence-corrected chi connectivity index (χ0v) is 14.8. The lowest BCUT2D eigenvalue weighted by molar-refractivity contribution is -0.125. The van der Waals surface area contributed by atoms with Gasteiger partial charge in [0.15, 0.2) is 12.7 Å². The highest BCUT2D eigenvalue weighted by Crippen LogP contribution is 2.33.